The summed E-state index contributed by atoms with van der Waals surface area (Å²) in [5.41, 5.74) is 2.93. The number of carbonyl (C=O) groups excluding carboxylic acids is 1. The fourth-order valence-electron chi connectivity index (χ4n) is 2.70. The second kappa shape index (κ2) is 7.84. The monoisotopic (exact) mass is 373 g/mol. The molecule has 4 rings (SSSR count). The van der Waals surface area contributed by atoms with Crippen LogP contribution in [0.4, 0.5) is 4.39 Å². The Balaban J connectivity index is 1.44. The first-order chi connectivity index (χ1) is 13.7. The van der Waals surface area contributed by atoms with E-state index >= 15 is 0 Å². The standard InChI is InChI=1S/C22H16FN3O2/c23-19-12-10-16(11-13-19)20-25-22(28-26-20)18-8-6-17(7-9-18)21(27)24-14-15-4-2-1-3-5-15/h1-13H,14H2,(H,24,27). The fourth-order valence-corrected chi connectivity index (χ4v) is 2.70. The second-order valence-corrected chi connectivity index (χ2v) is 6.18. The molecule has 138 valence electrons. The molecule has 0 bridgehead atoms. The average molecular weight is 373 g/mol. The Morgan fingerprint density at radius 1 is 0.893 bits per heavy atom. The van der Waals surface area contributed by atoms with Gasteiger partial charge in [0.2, 0.25) is 5.82 Å². The molecule has 1 N–H and O–H groups in total. The molecule has 6 heteroatoms. The number of halogens is 1. The van der Waals surface area contributed by atoms with E-state index < -0.39 is 0 Å². The van der Waals surface area contributed by atoms with E-state index in [1.54, 1.807) is 36.4 Å². The van der Waals surface area contributed by atoms with Gasteiger partial charge in [0.1, 0.15) is 5.82 Å². The van der Waals surface area contributed by atoms with Gasteiger partial charge >= 0.3 is 0 Å². The highest BCUT2D eigenvalue weighted by molar-refractivity contribution is 5.94. The maximum absolute atomic E-state index is 13.0. The Kier molecular flexibility index (Phi) is 4.93. The van der Waals surface area contributed by atoms with E-state index in [0.29, 0.717) is 35.0 Å². The number of nitrogens with one attached hydrogen (secondary N) is 1. The highest BCUT2D eigenvalue weighted by atomic mass is 19.1. The molecule has 0 unspecified atom stereocenters. The second-order valence-electron chi connectivity index (χ2n) is 6.18. The molecule has 1 heterocycles. The lowest BCUT2D eigenvalue weighted by Gasteiger charge is -2.05. The molecule has 4 aromatic rings. The fraction of sp³-hybridized carbons (Fsp3) is 0.0455. The smallest absolute Gasteiger partial charge is 0.258 e. The maximum Gasteiger partial charge on any atom is 0.258 e. The van der Waals surface area contributed by atoms with Crippen LogP contribution in [0.3, 0.4) is 0 Å². The van der Waals surface area contributed by atoms with Crippen LogP contribution in [0, 0.1) is 5.82 Å². The lowest BCUT2D eigenvalue weighted by molar-refractivity contribution is 0.0951. The summed E-state index contributed by atoms with van der Waals surface area (Å²) in [6, 6.07) is 22.5. The molecular weight excluding hydrogens is 357 g/mol. The third kappa shape index (κ3) is 3.96. The highest BCUT2D eigenvalue weighted by Gasteiger charge is 2.12. The quantitative estimate of drug-likeness (QED) is 0.560. The van der Waals surface area contributed by atoms with Gasteiger partial charge in [-0.2, -0.15) is 4.98 Å². The Morgan fingerprint density at radius 2 is 1.57 bits per heavy atom. The van der Waals surface area contributed by atoms with Crippen LogP contribution in [-0.2, 0) is 6.54 Å². The summed E-state index contributed by atoms with van der Waals surface area (Å²) in [6.45, 7) is 0.464. The van der Waals surface area contributed by atoms with Gasteiger partial charge in [-0.1, -0.05) is 35.5 Å². The normalized spacial score (nSPS) is 10.6. The summed E-state index contributed by atoms with van der Waals surface area (Å²) in [4.78, 5) is 16.6. The summed E-state index contributed by atoms with van der Waals surface area (Å²) in [5, 5.41) is 6.81. The summed E-state index contributed by atoms with van der Waals surface area (Å²) in [5.74, 6) is 0.219. The number of rotatable bonds is 5. The van der Waals surface area contributed by atoms with E-state index in [9.17, 15) is 9.18 Å². The van der Waals surface area contributed by atoms with E-state index in [0.717, 1.165) is 5.56 Å². The molecular formula is C22H16FN3O2. The van der Waals surface area contributed by atoms with Gasteiger partial charge < -0.3 is 9.84 Å². The first kappa shape index (κ1) is 17.6. The van der Waals surface area contributed by atoms with Gasteiger partial charge in [-0.3, -0.25) is 4.79 Å². The van der Waals surface area contributed by atoms with Crippen molar-refractivity contribution in [3.8, 4) is 22.8 Å². The maximum atomic E-state index is 13.0. The minimum Gasteiger partial charge on any atom is -0.348 e. The van der Waals surface area contributed by atoms with Crippen molar-refractivity contribution in [2.24, 2.45) is 0 Å². The van der Waals surface area contributed by atoms with Crippen LogP contribution in [0.2, 0.25) is 0 Å². The molecule has 0 aliphatic carbocycles. The van der Waals surface area contributed by atoms with Crippen LogP contribution in [0.5, 0.6) is 0 Å². The molecule has 0 aliphatic rings. The van der Waals surface area contributed by atoms with Crippen molar-refractivity contribution in [3.63, 3.8) is 0 Å². The van der Waals surface area contributed by atoms with Crippen LogP contribution >= 0.6 is 0 Å². The number of nitrogens with zero attached hydrogens (tertiary/aromatic N) is 2. The van der Waals surface area contributed by atoms with Gasteiger partial charge in [-0.25, -0.2) is 4.39 Å². The van der Waals surface area contributed by atoms with Gasteiger partial charge in [0.05, 0.1) is 0 Å². The number of carbonyl (C=O) groups is 1. The zero-order valence-electron chi connectivity index (χ0n) is 14.8. The van der Waals surface area contributed by atoms with Gasteiger partial charge in [-0.05, 0) is 54.1 Å². The third-order valence-corrected chi connectivity index (χ3v) is 4.22. The van der Waals surface area contributed by atoms with Crippen molar-refractivity contribution < 1.29 is 13.7 Å². The van der Waals surface area contributed by atoms with Crippen molar-refractivity contribution in [3.05, 3.63) is 95.8 Å². The minimum atomic E-state index is -0.325. The molecule has 0 saturated carbocycles. The van der Waals surface area contributed by atoms with Crippen molar-refractivity contribution in [1.82, 2.24) is 15.5 Å². The zero-order valence-corrected chi connectivity index (χ0v) is 14.8. The van der Waals surface area contributed by atoms with Gasteiger partial charge in [-0.15, -0.1) is 0 Å². The molecule has 0 radical (unpaired) electrons. The Bertz CT molecular complexity index is 1070. The molecule has 0 saturated heterocycles. The van der Waals surface area contributed by atoms with Crippen molar-refractivity contribution in [1.29, 1.82) is 0 Å². The molecule has 28 heavy (non-hydrogen) atoms. The number of amides is 1. The molecule has 0 aliphatic heterocycles. The van der Waals surface area contributed by atoms with Gasteiger partial charge in [0.15, 0.2) is 0 Å². The molecule has 3 aromatic carbocycles. The van der Waals surface area contributed by atoms with E-state index in [4.69, 9.17) is 4.52 Å². The van der Waals surface area contributed by atoms with Crippen molar-refractivity contribution in [2.75, 3.05) is 0 Å². The van der Waals surface area contributed by atoms with E-state index in [2.05, 4.69) is 15.5 Å². The van der Waals surface area contributed by atoms with E-state index in [1.165, 1.54) is 12.1 Å². The first-order valence-corrected chi connectivity index (χ1v) is 8.71. The predicted octanol–water partition coefficient (Wildman–Crippen LogP) is 4.47. The van der Waals surface area contributed by atoms with Crippen molar-refractivity contribution in [2.45, 2.75) is 6.54 Å². The summed E-state index contributed by atoms with van der Waals surface area (Å²) in [6.07, 6.45) is 0. The van der Waals surface area contributed by atoms with E-state index in [1.807, 2.05) is 30.3 Å². The Hall–Kier alpha value is -3.80. The number of hydrogen-bond acceptors (Lipinski definition) is 4. The van der Waals surface area contributed by atoms with Crippen LogP contribution in [0.1, 0.15) is 15.9 Å². The van der Waals surface area contributed by atoms with Crippen molar-refractivity contribution >= 4 is 5.91 Å². The molecule has 0 spiro atoms. The van der Waals surface area contributed by atoms with E-state index in [-0.39, 0.29) is 11.7 Å². The van der Waals surface area contributed by atoms with Gasteiger partial charge in [0, 0.05) is 23.2 Å². The Labute approximate surface area is 160 Å². The zero-order chi connectivity index (χ0) is 19.3. The molecule has 1 aromatic heterocycles. The predicted molar refractivity (Wildman–Crippen MR) is 103 cm³/mol. The van der Waals surface area contributed by atoms with Crippen LogP contribution in [-0.4, -0.2) is 16.0 Å². The Morgan fingerprint density at radius 3 is 2.29 bits per heavy atom. The number of benzene rings is 3. The number of aromatic nitrogens is 2. The molecule has 0 atom stereocenters. The summed E-state index contributed by atoms with van der Waals surface area (Å²) in [7, 11) is 0. The molecule has 1 amide bonds. The van der Waals surface area contributed by atoms with Crippen LogP contribution in [0.15, 0.2) is 83.4 Å². The summed E-state index contributed by atoms with van der Waals surface area (Å²) < 4.78 is 18.3. The van der Waals surface area contributed by atoms with Crippen LogP contribution < -0.4 is 5.32 Å². The average Bonchev–Trinajstić information content (AvgIpc) is 3.24. The topological polar surface area (TPSA) is 68.0 Å². The van der Waals surface area contributed by atoms with Gasteiger partial charge in [0.25, 0.3) is 11.8 Å². The SMILES string of the molecule is O=C(NCc1ccccc1)c1ccc(-c2nc(-c3ccc(F)cc3)no2)cc1. The lowest BCUT2D eigenvalue weighted by atomic mass is 10.1. The first-order valence-electron chi connectivity index (χ1n) is 8.71. The molecule has 5 nitrogen and oxygen atoms in total. The lowest BCUT2D eigenvalue weighted by Crippen LogP contribution is -2.22. The highest BCUT2D eigenvalue weighted by Crippen LogP contribution is 2.22. The summed E-state index contributed by atoms with van der Waals surface area (Å²) >= 11 is 0. The molecule has 0 fully saturated rings. The number of hydrogen-bond donors (Lipinski definition) is 1. The third-order valence-electron chi connectivity index (χ3n) is 4.22. The largest absolute Gasteiger partial charge is 0.348 e. The van der Waals surface area contributed by atoms with Crippen LogP contribution in [0.25, 0.3) is 22.8 Å². The minimum absolute atomic E-state index is 0.159.